The smallest absolute Gasteiger partial charge is 0.322 e. The third-order valence-electron chi connectivity index (χ3n) is 4.38. The molecule has 1 saturated heterocycles. The number of rotatable bonds is 1. The quantitative estimate of drug-likeness (QED) is 0.747. The van der Waals surface area contributed by atoms with Crippen LogP contribution in [0.3, 0.4) is 0 Å². The molecule has 1 amide bonds. The van der Waals surface area contributed by atoms with Gasteiger partial charge in [-0.25, -0.2) is 23.5 Å². The van der Waals surface area contributed by atoms with Crippen molar-refractivity contribution < 1.29 is 4.79 Å². The van der Waals surface area contributed by atoms with Gasteiger partial charge in [-0.05, 0) is 25.0 Å². The minimum Gasteiger partial charge on any atom is -0.322 e. The van der Waals surface area contributed by atoms with Crippen LogP contribution in [0.25, 0.3) is 5.69 Å². The molecule has 1 fully saturated rings. The molecule has 0 unspecified atom stereocenters. The molecule has 3 aliphatic rings. The molecule has 0 saturated carbocycles. The van der Waals surface area contributed by atoms with Crippen molar-refractivity contribution in [2.45, 2.75) is 25.0 Å². The fourth-order valence-corrected chi connectivity index (χ4v) is 3.34. The van der Waals surface area contributed by atoms with Gasteiger partial charge in [-0.15, -0.1) is 0 Å². The molecule has 5 rings (SSSR count). The van der Waals surface area contributed by atoms with Gasteiger partial charge in [0.2, 0.25) is 5.91 Å². The maximum absolute atomic E-state index is 12.6. The third-order valence-corrected chi connectivity index (χ3v) is 4.38. The molecular weight excluding hydrogens is 272 g/mol. The zero-order chi connectivity index (χ0) is 14.7. The average Bonchev–Trinajstić information content (AvgIpc) is 2.78. The molecule has 7 nitrogen and oxygen atoms in total. The van der Waals surface area contributed by atoms with Crippen LogP contribution in [0.15, 0.2) is 39.9 Å². The Morgan fingerprint density at radius 3 is 2.33 bits per heavy atom. The van der Waals surface area contributed by atoms with Crippen molar-refractivity contribution in [3.63, 3.8) is 0 Å². The number of carbonyl (C=O) groups is 1. The summed E-state index contributed by atoms with van der Waals surface area (Å²) >= 11 is 0. The van der Waals surface area contributed by atoms with E-state index in [2.05, 4.69) is 0 Å². The van der Waals surface area contributed by atoms with E-state index in [-0.39, 0.29) is 17.8 Å². The summed E-state index contributed by atoms with van der Waals surface area (Å²) in [5.74, 6) is -0.0986. The normalized spacial score (nSPS) is 23.5. The third kappa shape index (κ3) is 1.40. The zero-order valence-electron chi connectivity index (χ0n) is 11.5. The first kappa shape index (κ1) is 12.2. The van der Waals surface area contributed by atoms with Gasteiger partial charge in [-0.3, -0.25) is 4.79 Å². The van der Waals surface area contributed by atoms with Crippen molar-refractivity contribution in [3.8, 4) is 5.69 Å². The second-order valence-corrected chi connectivity index (χ2v) is 5.45. The number of likely N-dealkylation sites (N-methyl/N-ethyl adjacent to an activating group) is 1. The fourth-order valence-electron chi connectivity index (χ4n) is 3.34. The molecule has 1 aromatic carbocycles. The summed E-state index contributed by atoms with van der Waals surface area (Å²) < 4.78 is 3.88. The lowest BCUT2D eigenvalue weighted by Gasteiger charge is -2.43. The summed E-state index contributed by atoms with van der Waals surface area (Å²) in [5.41, 5.74) is -0.306. The van der Waals surface area contributed by atoms with Crippen LogP contribution < -0.4 is 11.4 Å². The maximum Gasteiger partial charge on any atom is 0.353 e. The Hall–Kier alpha value is -2.57. The lowest BCUT2D eigenvalue weighted by atomic mass is 10.0. The zero-order valence-corrected chi connectivity index (χ0v) is 11.5. The van der Waals surface area contributed by atoms with Crippen LogP contribution in [0.2, 0.25) is 0 Å². The van der Waals surface area contributed by atoms with Gasteiger partial charge in [0.05, 0.1) is 5.69 Å². The van der Waals surface area contributed by atoms with Crippen molar-refractivity contribution in [1.82, 2.24) is 18.8 Å². The molecule has 0 N–H and O–H groups in total. The van der Waals surface area contributed by atoms with Crippen LogP contribution >= 0.6 is 0 Å². The Bertz CT molecular complexity index is 845. The lowest BCUT2D eigenvalue weighted by Crippen LogP contribution is -2.55. The van der Waals surface area contributed by atoms with Gasteiger partial charge in [-0.2, -0.15) is 0 Å². The highest BCUT2D eigenvalue weighted by Gasteiger charge is 2.45. The van der Waals surface area contributed by atoms with E-state index in [4.69, 9.17) is 0 Å². The number of hydrogen-bond donors (Lipinski definition) is 0. The molecule has 2 bridgehead atoms. The predicted octanol–water partition coefficient (Wildman–Crippen LogP) is 0.106. The van der Waals surface area contributed by atoms with Gasteiger partial charge in [0.1, 0.15) is 12.2 Å². The number of benzene rings is 1. The highest BCUT2D eigenvalue weighted by atomic mass is 16.2. The van der Waals surface area contributed by atoms with Gasteiger partial charge < -0.3 is 4.90 Å². The number of nitrogens with zero attached hydrogens (tertiary/aromatic N) is 4. The minimum atomic E-state index is -0.565. The molecule has 2 aromatic rings. The molecule has 0 aliphatic carbocycles. The Labute approximate surface area is 119 Å². The van der Waals surface area contributed by atoms with Crippen molar-refractivity contribution in [3.05, 3.63) is 51.3 Å². The molecule has 4 heterocycles. The number of piperidine rings is 1. The number of fused-ring (bicyclic) bond motifs is 2. The van der Waals surface area contributed by atoms with E-state index in [0.29, 0.717) is 18.5 Å². The molecular formula is C14H14N4O3. The van der Waals surface area contributed by atoms with Crippen LogP contribution in [-0.2, 0) is 4.79 Å². The number of para-hydroxylation sites is 1. The average molecular weight is 286 g/mol. The summed E-state index contributed by atoms with van der Waals surface area (Å²) in [4.78, 5) is 39.0. The predicted molar refractivity (Wildman–Crippen MR) is 74.4 cm³/mol. The van der Waals surface area contributed by atoms with E-state index in [1.807, 2.05) is 6.07 Å². The Morgan fingerprint density at radius 2 is 1.62 bits per heavy atom. The summed E-state index contributed by atoms with van der Waals surface area (Å²) in [6.07, 6.45) is 0.935. The van der Waals surface area contributed by atoms with Crippen molar-refractivity contribution >= 4 is 5.91 Å². The summed E-state index contributed by atoms with van der Waals surface area (Å²) in [7, 11) is 1.68. The molecule has 108 valence electrons. The Kier molecular flexibility index (Phi) is 2.30. The molecule has 0 spiro atoms. The fraction of sp³-hybridized carbons (Fsp3) is 0.357. The number of amides is 1. The first-order valence-electron chi connectivity index (χ1n) is 6.89. The summed E-state index contributed by atoms with van der Waals surface area (Å²) in [6, 6.07) is 8.22. The largest absolute Gasteiger partial charge is 0.353 e. The summed E-state index contributed by atoms with van der Waals surface area (Å²) in [5, 5.41) is 0. The second-order valence-electron chi connectivity index (χ2n) is 5.45. The van der Waals surface area contributed by atoms with E-state index >= 15 is 0 Å². The number of aromatic nitrogens is 3. The molecule has 1 aromatic heterocycles. The molecule has 2 atom stereocenters. The van der Waals surface area contributed by atoms with Crippen molar-refractivity contribution in [2.75, 3.05) is 7.05 Å². The van der Waals surface area contributed by atoms with E-state index in [1.54, 1.807) is 36.2 Å². The molecule has 0 radical (unpaired) electrons. The second kappa shape index (κ2) is 3.97. The molecule has 21 heavy (non-hydrogen) atoms. The first-order chi connectivity index (χ1) is 10.1. The summed E-state index contributed by atoms with van der Waals surface area (Å²) in [6.45, 7) is 0. The van der Waals surface area contributed by atoms with Crippen LogP contribution in [-0.4, -0.2) is 31.8 Å². The van der Waals surface area contributed by atoms with Crippen LogP contribution in [0.4, 0.5) is 0 Å². The van der Waals surface area contributed by atoms with E-state index in [1.165, 1.54) is 9.36 Å². The Balaban J connectivity index is 2.04. The monoisotopic (exact) mass is 286 g/mol. The van der Waals surface area contributed by atoms with Crippen LogP contribution in [0.5, 0.6) is 0 Å². The topological polar surface area (TPSA) is 69.2 Å². The number of carbonyl (C=O) groups excluding carboxylic acids is 1. The first-order valence-corrected chi connectivity index (χ1v) is 6.89. The highest BCUT2D eigenvalue weighted by molar-refractivity contribution is 5.81. The van der Waals surface area contributed by atoms with Crippen molar-refractivity contribution in [1.29, 1.82) is 0 Å². The van der Waals surface area contributed by atoms with Crippen LogP contribution in [0, 0.1) is 0 Å². The molecule has 7 heteroatoms. The van der Waals surface area contributed by atoms with Gasteiger partial charge in [0.15, 0.2) is 0 Å². The molecule has 3 aliphatic heterocycles. The van der Waals surface area contributed by atoms with E-state index in [0.717, 1.165) is 4.57 Å². The lowest BCUT2D eigenvalue weighted by molar-refractivity contribution is -0.149. The van der Waals surface area contributed by atoms with E-state index in [9.17, 15) is 14.4 Å². The maximum atomic E-state index is 12.6. The van der Waals surface area contributed by atoms with E-state index < -0.39 is 11.7 Å². The van der Waals surface area contributed by atoms with Gasteiger partial charge in [0.25, 0.3) is 0 Å². The SMILES string of the molecule is CN1C(=O)[C@@H]2CC[C@H]1n1c(=O)n(-c3ccccc3)c(=O)n12. The highest BCUT2D eigenvalue weighted by Crippen LogP contribution is 2.35. The van der Waals surface area contributed by atoms with Crippen molar-refractivity contribution in [2.24, 2.45) is 0 Å². The van der Waals surface area contributed by atoms with Gasteiger partial charge >= 0.3 is 11.4 Å². The van der Waals surface area contributed by atoms with Gasteiger partial charge in [0, 0.05) is 7.05 Å². The minimum absolute atomic E-state index is 0.0986. The Morgan fingerprint density at radius 1 is 0.952 bits per heavy atom. The number of hydrogen-bond acceptors (Lipinski definition) is 3. The van der Waals surface area contributed by atoms with Gasteiger partial charge in [-0.1, -0.05) is 18.2 Å². The standard InChI is InChI=1S/C14H14N4O3/c1-15-11-8-7-10(12(15)19)17-13(20)16(14(21)18(11)17)9-5-3-2-4-6-9/h2-6,10-11H,7-8H2,1H3/t10-,11+/m0/s1. The van der Waals surface area contributed by atoms with Crippen LogP contribution in [0.1, 0.15) is 25.0 Å².